The summed E-state index contributed by atoms with van der Waals surface area (Å²) >= 11 is 7.05. The number of fused-ring (bicyclic) bond motifs is 1. The minimum absolute atomic E-state index is 0.0154. The van der Waals surface area contributed by atoms with E-state index in [2.05, 4.69) is 15.4 Å². The molecule has 3 aromatic carbocycles. The molecule has 0 unspecified atom stereocenters. The summed E-state index contributed by atoms with van der Waals surface area (Å²) in [6, 6.07) is 15.1. The first kappa shape index (κ1) is 25.2. The van der Waals surface area contributed by atoms with Crippen LogP contribution in [-0.2, 0) is 12.7 Å². The van der Waals surface area contributed by atoms with Crippen molar-refractivity contribution in [3.63, 3.8) is 0 Å². The molecule has 1 aromatic heterocycles. The van der Waals surface area contributed by atoms with Crippen LogP contribution in [0.25, 0.3) is 10.9 Å². The van der Waals surface area contributed by atoms with E-state index in [1.54, 1.807) is 31.3 Å². The number of hydrogen-bond donors (Lipinski definition) is 2. The molecule has 0 atom stereocenters. The van der Waals surface area contributed by atoms with Crippen molar-refractivity contribution in [1.29, 1.82) is 0 Å². The lowest BCUT2D eigenvalue weighted by Gasteiger charge is -2.15. The van der Waals surface area contributed by atoms with Gasteiger partial charge in [-0.2, -0.15) is 22.0 Å². The molecule has 0 aliphatic heterocycles. The molecule has 0 saturated carbocycles. The summed E-state index contributed by atoms with van der Waals surface area (Å²) < 4.78 is 72.1. The number of ether oxygens (including phenoxy) is 1. The molecule has 4 aromatic rings. The molecule has 184 valence electrons. The van der Waals surface area contributed by atoms with Gasteiger partial charge in [0.25, 0.3) is 0 Å². The van der Waals surface area contributed by atoms with Gasteiger partial charge < -0.3 is 15.4 Å². The first-order valence-corrected chi connectivity index (χ1v) is 11.4. The van der Waals surface area contributed by atoms with Gasteiger partial charge >= 0.3 is 12.8 Å². The summed E-state index contributed by atoms with van der Waals surface area (Å²) in [5.74, 6) is 0.0293. The van der Waals surface area contributed by atoms with E-state index in [1.165, 1.54) is 36.2 Å². The maximum Gasteiger partial charge on any atom is 0.418 e. The zero-order chi connectivity index (χ0) is 25.2. The van der Waals surface area contributed by atoms with Crippen LogP contribution in [0.5, 0.6) is 5.75 Å². The molecule has 0 bridgehead atoms. The monoisotopic (exact) mass is 527 g/mol. The number of anilines is 2. The van der Waals surface area contributed by atoms with E-state index in [4.69, 9.17) is 11.6 Å². The van der Waals surface area contributed by atoms with Gasteiger partial charge in [-0.3, -0.25) is 3.97 Å². The quantitative estimate of drug-likeness (QED) is 0.228. The van der Waals surface area contributed by atoms with E-state index in [0.717, 1.165) is 22.5 Å². The summed E-state index contributed by atoms with van der Waals surface area (Å²) in [6.07, 6.45) is -2.70. The summed E-state index contributed by atoms with van der Waals surface area (Å²) in [5.41, 5.74) is 1.13. The third-order valence-corrected chi connectivity index (χ3v) is 6.22. The summed E-state index contributed by atoms with van der Waals surface area (Å²) in [7, 11) is 1.80. The first-order chi connectivity index (χ1) is 16.6. The van der Waals surface area contributed by atoms with Gasteiger partial charge in [0.2, 0.25) is 0 Å². The summed E-state index contributed by atoms with van der Waals surface area (Å²) in [5, 5.41) is 6.81. The van der Waals surface area contributed by atoms with E-state index >= 15 is 0 Å². The van der Waals surface area contributed by atoms with Gasteiger partial charge in [0.15, 0.2) is 0 Å². The Kier molecular flexibility index (Phi) is 7.44. The van der Waals surface area contributed by atoms with Gasteiger partial charge in [0.1, 0.15) is 5.75 Å². The smallest absolute Gasteiger partial charge is 0.418 e. The molecule has 1 heterocycles. The lowest BCUT2D eigenvalue weighted by molar-refractivity contribution is -0.136. The minimum Gasteiger partial charge on any atom is -0.435 e. The highest BCUT2D eigenvalue weighted by atomic mass is 35.5. The van der Waals surface area contributed by atoms with Crippen LogP contribution in [-0.4, -0.2) is 17.6 Å². The van der Waals surface area contributed by atoms with Crippen LogP contribution in [0.4, 0.5) is 33.3 Å². The largest absolute Gasteiger partial charge is 0.435 e. The number of rotatable bonds is 8. The van der Waals surface area contributed by atoms with Crippen molar-refractivity contribution in [1.82, 2.24) is 9.29 Å². The molecule has 11 heteroatoms. The van der Waals surface area contributed by atoms with Crippen molar-refractivity contribution in [3.8, 4) is 5.75 Å². The second-order valence-corrected chi connectivity index (χ2v) is 8.98. The Balaban J connectivity index is 1.71. The molecule has 0 aliphatic carbocycles. The zero-order valence-corrected chi connectivity index (χ0v) is 19.7. The van der Waals surface area contributed by atoms with Crippen molar-refractivity contribution in [3.05, 3.63) is 83.0 Å². The Morgan fingerprint density at radius 3 is 2.57 bits per heavy atom. The van der Waals surface area contributed by atoms with Gasteiger partial charge in [-0.1, -0.05) is 23.7 Å². The molecule has 4 rings (SSSR count). The second-order valence-electron chi connectivity index (χ2n) is 7.50. The Bertz CT molecular complexity index is 1340. The molecule has 0 fully saturated rings. The number of nitrogens with one attached hydrogen (secondary N) is 2. The number of alkyl halides is 5. The van der Waals surface area contributed by atoms with E-state index in [1.807, 2.05) is 16.2 Å². The number of aromatic nitrogens is 1. The number of hydrogen-bond acceptors (Lipinski definition) is 4. The van der Waals surface area contributed by atoms with E-state index in [-0.39, 0.29) is 16.5 Å². The Labute approximate surface area is 207 Å². The van der Waals surface area contributed by atoms with Gasteiger partial charge in [0.05, 0.1) is 16.8 Å². The van der Waals surface area contributed by atoms with E-state index in [9.17, 15) is 22.0 Å². The van der Waals surface area contributed by atoms with Crippen LogP contribution in [0.1, 0.15) is 11.1 Å². The van der Waals surface area contributed by atoms with Crippen LogP contribution in [0.15, 0.2) is 71.8 Å². The maximum absolute atomic E-state index is 13.5. The minimum atomic E-state index is -4.58. The molecular weight excluding hydrogens is 509 g/mol. The molecule has 2 N–H and O–H groups in total. The van der Waals surface area contributed by atoms with Gasteiger partial charge in [-0.15, -0.1) is 0 Å². The molecule has 0 saturated heterocycles. The third-order valence-electron chi connectivity index (χ3n) is 5.02. The average Bonchev–Trinajstić information content (AvgIpc) is 3.11. The highest BCUT2D eigenvalue weighted by Crippen LogP contribution is 2.39. The highest BCUT2D eigenvalue weighted by molar-refractivity contribution is 7.98. The Hall–Kier alpha value is -2.95. The normalized spacial score (nSPS) is 11.9. The highest BCUT2D eigenvalue weighted by Gasteiger charge is 2.33. The standard InChI is InChI=1S/C24H19ClF5N3OS/c1-31-12-14-13-33(35-18-4-2-3-17(11-18)34-23(26)27)22-10-16(6-7-19(14)22)32-21-8-5-15(25)9-20(21)24(28,29)30/h2-11,13,23,31-32H,12H2,1H3. The third kappa shape index (κ3) is 6.01. The van der Waals surface area contributed by atoms with Crippen LogP contribution < -0.4 is 15.4 Å². The maximum atomic E-state index is 13.5. The zero-order valence-electron chi connectivity index (χ0n) is 18.2. The number of halogens is 6. The lowest BCUT2D eigenvalue weighted by Crippen LogP contribution is -2.08. The predicted molar refractivity (Wildman–Crippen MR) is 129 cm³/mol. The van der Waals surface area contributed by atoms with Gasteiger partial charge in [0, 0.05) is 33.7 Å². The predicted octanol–water partition coefficient (Wildman–Crippen LogP) is 7.93. The van der Waals surface area contributed by atoms with Gasteiger partial charge in [-0.25, -0.2) is 0 Å². The van der Waals surface area contributed by atoms with Crippen LogP contribution in [0.2, 0.25) is 5.02 Å². The van der Waals surface area contributed by atoms with Crippen molar-refractivity contribution in [2.75, 3.05) is 12.4 Å². The fourth-order valence-electron chi connectivity index (χ4n) is 3.59. The van der Waals surface area contributed by atoms with Crippen molar-refractivity contribution < 1.29 is 26.7 Å². The first-order valence-electron chi connectivity index (χ1n) is 10.3. The molecule has 0 spiro atoms. The molecular formula is C24H19ClF5N3OS. The fraction of sp³-hybridized carbons (Fsp3) is 0.167. The molecule has 0 amide bonds. The van der Waals surface area contributed by atoms with Gasteiger partial charge in [-0.05, 0) is 73.1 Å². The fourth-order valence-corrected chi connectivity index (χ4v) is 4.72. The topological polar surface area (TPSA) is 38.2 Å². The van der Waals surface area contributed by atoms with Crippen LogP contribution in [0, 0.1) is 0 Å². The molecule has 0 radical (unpaired) electrons. The summed E-state index contributed by atoms with van der Waals surface area (Å²) in [6.45, 7) is -2.38. The van der Waals surface area contributed by atoms with Crippen molar-refractivity contribution >= 4 is 45.8 Å². The number of benzene rings is 3. The molecule has 0 aliphatic rings. The van der Waals surface area contributed by atoms with Crippen molar-refractivity contribution in [2.45, 2.75) is 24.2 Å². The second kappa shape index (κ2) is 10.3. The number of nitrogens with zero attached hydrogens (tertiary/aromatic N) is 1. The SMILES string of the molecule is CNCc1cn(Sc2cccc(OC(F)F)c2)c2cc(Nc3ccc(Cl)cc3C(F)(F)F)ccc12. The van der Waals surface area contributed by atoms with E-state index in [0.29, 0.717) is 17.1 Å². The Morgan fingerprint density at radius 2 is 1.86 bits per heavy atom. The summed E-state index contributed by atoms with van der Waals surface area (Å²) in [4.78, 5) is 0.645. The van der Waals surface area contributed by atoms with Crippen LogP contribution >= 0.6 is 23.5 Å². The Morgan fingerprint density at radius 1 is 1.06 bits per heavy atom. The van der Waals surface area contributed by atoms with Crippen LogP contribution in [0.3, 0.4) is 0 Å². The molecule has 35 heavy (non-hydrogen) atoms. The lowest BCUT2D eigenvalue weighted by atomic mass is 10.1. The van der Waals surface area contributed by atoms with Crippen molar-refractivity contribution in [2.24, 2.45) is 0 Å². The average molecular weight is 528 g/mol. The molecule has 4 nitrogen and oxygen atoms in total. The van der Waals surface area contributed by atoms with E-state index < -0.39 is 18.4 Å².